The third kappa shape index (κ3) is 2.66. The highest BCUT2D eigenvalue weighted by Gasteiger charge is 2.21. The fraction of sp³-hybridized carbons (Fsp3) is 0.333. The maximum atomic E-state index is 12.2. The van der Waals surface area contributed by atoms with Gasteiger partial charge in [0.1, 0.15) is 5.60 Å². The lowest BCUT2D eigenvalue weighted by molar-refractivity contribution is 0.0544. The highest BCUT2D eigenvalue weighted by atomic mass is 16.6. The lowest BCUT2D eigenvalue weighted by Crippen LogP contribution is -2.26. The highest BCUT2D eigenvalue weighted by molar-refractivity contribution is 6.11. The normalized spacial score (nSPS) is 12.7. The predicted octanol–water partition coefficient (Wildman–Crippen LogP) is 3.62. The summed E-state index contributed by atoms with van der Waals surface area (Å²) in [7, 11) is 0. The summed E-state index contributed by atoms with van der Waals surface area (Å²) in [6, 6.07) is 7.42. The molecule has 5 nitrogen and oxygen atoms in total. The molecule has 1 N–H and O–H groups in total. The summed E-state index contributed by atoms with van der Waals surface area (Å²) in [4.78, 5) is 12.2. The molecule has 0 atom stereocenters. The van der Waals surface area contributed by atoms with E-state index in [9.17, 15) is 4.79 Å². The Kier molecular flexibility index (Phi) is 3.53. The van der Waals surface area contributed by atoms with Gasteiger partial charge in [0.05, 0.1) is 11.2 Å². The number of aromatic nitrogens is 1. The van der Waals surface area contributed by atoms with Crippen LogP contribution in [-0.2, 0) is 4.74 Å². The van der Waals surface area contributed by atoms with Crippen molar-refractivity contribution < 1.29 is 14.7 Å². The summed E-state index contributed by atoms with van der Waals surface area (Å²) in [6.07, 6.45) is 1.18. The Labute approximate surface area is 117 Å². The number of carbonyl (C=O) groups excluding carboxylic acids is 1. The van der Waals surface area contributed by atoms with Crippen LogP contribution in [-0.4, -0.2) is 27.2 Å². The van der Waals surface area contributed by atoms with E-state index in [0.717, 1.165) is 10.9 Å². The maximum Gasteiger partial charge on any atom is 0.419 e. The zero-order valence-corrected chi connectivity index (χ0v) is 12.0. The van der Waals surface area contributed by atoms with Crippen LogP contribution in [0.15, 0.2) is 35.6 Å². The van der Waals surface area contributed by atoms with Crippen LogP contribution >= 0.6 is 0 Å². The Morgan fingerprint density at radius 2 is 1.95 bits per heavy atom. The van der Waals surface area contributed by atoms with Crippen LogP contribution in [0.4, 0.5) is 4.79 Å². The lowest BCUT2D eigenvalue weighted by Gasteiger charge is -2.19. The van der Waals surface area contributed by atoms with Crippen LogP contribution in [0, 0.1) is 0 Å². The summed E-state index contributed by atoms with van der Waals surface area (Å²) in [5.74, 6) is 0. The molecule has 0 saturated heterocycles. The van der Waals surface area contributed by atoms with Crippen molar-refractivity contribution in [2.24, 2.45) is 5.16 Å². The molecule has 20 heavy (non-hydrogen) atoms. The summed E-state index contributed by atoms with van der Waals surface area (Å²) in [5.41, 5.74) is 1.31. The fourth-order valence-electron chi connectivity index (χ4n) is 1.98. The van der Waals surface area contributed by atoms with E-state index in [4.69, 9.17) is 9.94 Å². The van der Waals surface area contributed by atoms with E-state index in [-0.39, 0.29) is 0 Å². The number of hydrogen-bond donors (Lipinski definition) is 1. The van der Waals surface area contributed by atoms with Crippen LogP contribution in [0.2, 0.25) is 0 Å². The SMILES string of the molecule is C/C(=N/O)c1cn(C(=O)OC(C)(C)C)c2ccccc12. The van der Waals surface area contributed by atoms with Crippen LogP contribution in [0.25, 0.3) is 10.9 Å². The second-order valence-corrected chi connectivity index (χ2v) is 5.60. The van der Waals surface area contributed by atoms with Crippen molar-refractivity contribution >= 4 is 22.7 Å². The van der Waals surface area contributed by atoms with Crippen molar-refractivity contribution in [2.45, 2.75) is 33.3 Å². The third-order valence-electron chi connectivity index (χ3n) is 2.84. The van der Waals surface area contributed by atoms with Gasteiger partial charge in [-0.25, -0.2) is 4.79 Å². The molecular weight excluding hydrogens is 256 g/mol. The first-order valence-electron chi connectivity index (χ1n) is 6.36. The monoisotopic (exact) mass is 274 g/mol. The topological polar surface area (TPSA) is 63.8 Å². The van der Waals surface area contributed by atoms with Gasteiger partial charge < -0.3 is 9.94 Å². The molecule has 106 valence electrons. The molecule has 0 saturated carbocycles. The average Bonchev–Trinajstić information content (AvgIpc) is 2.75. The molecule has 0 aliphatic heterocycles. The molecule has 1 aromatic heterocycles. The molecule has 5 heteroatoms. The summed E-state index contributed by atoms with van der Waals surface area (Å²) < 4.78 is 6.82. The Balaban J connectivity index is 2.57. The van der Waals surface area contributed by atoms with E-state index in [1.807, 2.05) is 45.0 Å². The number of benzene rings is 1. The van der Waals surface area contributed by atoms with E-state index in [1.54, 1.807) is 13.1 Å². The summed E-state index contributed by atoms with van der Waals surface area (Å²) in [6.45, 7) is 7.13. The lowest BCUT2D eigenvalue weighted by atomic mass is 10.1. The van der Waals surface area contributed by atoms with Crippen molar-refractivity contribution in [3.05, 3.63) is 36.0 Å². The molecule has 2 aromatic rings. The highest BCUT2D eigenvalue weighted by Crippen LogP contribution is 2.23. The minimum atomic E-state index is -0.567. The molecule has 2 rings (SSSR count). The number of oxime groups is 1. The molecular formula is C15H18N2O3. The van der Waals surface area contributed by atoms with Gasteiger partial charge in [-0.1, -0.05) is 23.4 Å². The van der Waals surface area contributed by atoms with E-state index in [1.165, 1.54) is 4.57 Å². The Hall–Kier alpha value is -2.30. The van der Waals surface area contributed by atoms with Crippen LogP contribution < -0.4 is 0 Å². The number of para-hydroxylation sites is 1. The number of carbonyl (C=O) groups is 1. The predicted molar refractivity (Wildman–Crippen MR) is 77.6 cm³/mol. The number of ether oxygens (including phenoxy) is 1. The largest absolute Gasteiger partial charge is 0.443 e. The Bertz CT molecular complexity index is 678. The van der Waals surface area contributed by atoms with Crippen LogP contribution in [0.5, 0.6) is 0 Å². The summed E-state index contributed by atoms with van der Waals surface area (Å²) >= 11 is 0. The quantitative estimate of drug-likeness (QED) is 0.490. The van der Waals surface area contributed by atoms with E-state index in [0.29, 0.717) is 11.3 Å². The number of fused-ring (bicyclic) bond motifs is 1. The Morgan fingerprint density at radius 3 is 2.55 bits per heavy atom. The first-order chi connectivity index (χ1) is 9.33. The van der Waals surface area contributed by atoms with Gasteiger partial charge in [0, 0.05) is 17.1 Å². The van der Waals surface area contributed by atoms with Gasteiger partial charge in [0.25, 0.3) is 0 Å². The molecule has 1 aromatic carbocycles. The van der Waals surface area contributed by atoms with E-state index in [2.05, 4.69) is 5.16 Å². The molecule has 0 unspecified atom stereocenters. The van der Waals surface area contributed by atoms with E-state index < -0.39 is 11.7 Å². The second-order valence-electron chi connectivity index (χ2n) is 5.60. The molecule has 1 heterocycles. The van der Waals surface area contributed by atoms with Gasteiger partial charge >= 0.3 is 6.09 Å². The minimum absolute atomic E-state index is 0.448. The third-order valence-corrected chi connectivity index (χ3v) is 2.84. The van der Waals surface area contributed by atoms with Crippen LogP contribution in [0.1, 0.15) is 33.3 Å². The summed E-state index contributed by atoms with van der Waals surface area (Å²) in [5, 5.41) is 13.0. The van der Waals surface area contributed by atoms with Crippen molar-refractivity contribution in [3.8, 4) is 0 Å². The van der Waals surface area contributed by atoms with Gasteiger partial charge in [0.15, 0.2) is 0 Å². The first-order valence-corrected chi connectivity index (χ1v) is 6.36. The van der Waals surface area contributed by atoms with Gasteiger partial charge in [-0.3, -0.25) is 4.57 Å². The molecule has 0 aliphatic carbocycles. The average molecular weight is 274 g/mol. The van der Waals surface area contributed by atoms with Gasteiger partial charge in [-0.2, -0.15) is 0 Å². The van der Waals surface area contributed by atoms with Gasteiger partial charge in [-0.05, 0) is 33.8 Å². The van der Waals surface area contributed by atoms with Crippen LogP contribution in [0.3, 0.4) is 0 Å². The van der Waals surface area contributed by atoms with E-state index >= 15 is 0 Å². The molecule has 0 radical (unpaired) electrons. The van der Waals surface area contributed by atoms with Gasteiger partial charge in [0.2, 0.25) is 0 Å². The first kappa shape index (κ1) is 14.1. The van der Waals surface area contributed by atoms with Crippen molar-refractivity contribution in [1.29, 1.82) is 0 Å². The van der Waals surface area contributed by atoms with Crippen molar-refractivity contribution in [2.75, 3.05) is 0 Å². The number of rotatable bonds is 1. The van der Waals surface area contributed by atoms with Crippen molar-refractivity contribution in [1.82, 2.24) is 4.57 Å². The molecule has 0 bridgehead atoms. The number of nitrogens with zero attached hydrogens (tertiary/aromatic N) is 2. The molecule has 0 spiro atoms. The fourth-order valence-corrected chi connectivity index (χ4v) is 1.98. The standard InChI is InChI=1S/C15H18N2O3/c1-10(16-19)12-9-17(14(18)20-15(2,3)4)13-8-6-5-7-11(12)13/h5-9,19H,1-4H3/b16-10-. The molecule has 0 amide bonds. The molecule has 0 fully saturated rings. The zero-order chi connectivity index (χ0) is 14.9. The zero-order valence-electron chi connectivity index (χ0n) is 12.0. The maximum absolute atomic E-state index is 12.2. The van der Waals surface area contributed by atoms with Crippen molar-refractivity contribution in [3.63, 3.8) is 0 Å². The number of hydrogen-bond acceptors (Lipinski definition) is 4. The Morgan fingerprint density at radius 1 is 1.30 bits per heavy atom. The van der Waals surface area contributed by atoms with Gasteiger partial charge in [-0.15, -0.1) is 0 Å². The smallest absolute Gasteiger partial charge is 0.419 e. The molecule has 0 aliphatic rings. The second kappa shape index (κ2) is 5.00. The minimum Gasteiger partial charge on any atom is -0.443 e.